The minimum absolute atomic E-state index is 0.658. The van der Waals surface area contributed by atoms with Crippen LogP contribution in [0.25, 0.3) is 0 Å². The molecule has 0 saturated heterocycles. The summed E-state index contributed by atoms with van der Waals surface area (Å²) >= 11 is 0. The molecular weight excluding hydrogens is 170 g/mol. The van der Waals surface area contributed by atoms with Gasteiger partial charge in [0.25, 0.3) is 0 Å². The molecule has 0 radical (unpaired) electrons. The Bertz CT molecular complexity index is 306. The van der Waals surface area contributed by atoms with Gasteiger partial charge in [0.1, 0.15) is 0 Å². The Labute approximate surface area is 86.3 Å². The second-order valence-corrected chi connectivity index (χ2v) is 4.51. The zero-order valence-corrected chi connectivity index (χ0v) is 8.87. The number of hydrogen-bond donors (Lipinski definition) is 1. The van der Waals surface area contributed by atoms with Crippen molar-refractivity contribution < 1.29 is 0 Å². The van der Waals surface area contributed by atoms with E-state index in [-0.39, 0.29) is 0 Å². The van der Waals surface area contributed by atoms with E-state index in [2.05, 4.69) is 31.2 Å². The van der Waals surface area contributed by atoms with Gasteiger partial charge in [-0.2, -0.15) is 0 Å². The van der Waals surface area contributed by atoms with Crippen LogP contribution in [0.3, 0.4) is 0 Å². The van der Waals surface area contributed by atoms with Crippen LogP contribution in [-0.2, 0) is 6.42 Å². The third-order valence-electron chi connectivity index (χ3n) is 3.35. The molecule has 2 N–H and O–H groups in total. The molecule has 2 rings (SSSR count). The Morgan fingerprint density at radius 2 is 2.21 bits per heavy atom. The fourth-order valence-electron chi connectivity index (χ4n) is 2.47. The van der Waals surface area contributed by atoms with Gasteiger partial charge in [-0.25, -0.2) is 0 Å². The van der Waals surface area contributed by atoms with Crippen molar-refractivity contribution in [3.63, 3.8) is 0 Å². The average molecular weight is 189 g/mol. The van der Waals surface area contributed by atoms with E-state index < -0.39 is 0 Å². The van der Waals surface area contributed by atoms with Crippen molar-refractivity contribution >= 4 is 0 Å². The molecule has 1 aliphatic carbocycles. The van der Waals surface area contributed by atoms with Crippen molar-refractivity contribution in [3.05, 3.63) is 35.4 Å². The molecule has 1 aromatic carbocycles. The Morgan fingerprint density at radius 3 is 3.00 bits per heavy atom. The summed E-state index contributed by atoms with van der Waals surface area (Å²) in [6.07, 6.45) is 3.84. The topological polar surface area (TPSA) is 26.0 Å². The van der Waals surface area contributed by atoms with E-state index in [1.165, 1.54) is 19.3 Å². The molecule has 0 heterocycles. The van der Waals surface area contributed by atoms with E-state index in [1.807, 2.05) is 0 Å². The molecule has 0 fully saturated rings. The van der Waals surface area contributed by atoms with Crippen molar-refractivity contribution in [2.24, 2.45) is 11.7 Å². The monoisotopic (exact) mass is 189 g/mol. The molecule has 0 saturated carbocycles. The zero-order valence-electron chi connectivity index (χ0n) is 8.87. The number of benzene rings is 1. The van der Waals surface area contributed by atoms with E-state index in [0.29, 0.717) is 5.92 Å². The second-order valence-electron chi connectivity index (χ2n) is 4.51. The van der Waals surface area contributed by atoms with Gasteiger partial charge in [0.2, 0.25) is 0 Å². The highest BCUT2D eigenvalue weighted by Gasteiger charge is 2.22. The maximum absolute atomic E-state index is 5.67. The molecule has 0 aromatic heterocycles. The largest absolute Gasteiger partial charge is 0.330 e. The van der Waals surface area contributed by atoms with Crippen LogP contribution in [0, 0.1) is 5.92 Å². The van der Waals surface area contributed by atoms with E-state index in [9.17, 15) is 0 Å². The Kier molecular flexibility index (Phi) is 2.87. The lowest BCUT2D eigenvalue weighted by Crippen LogP contribution is -2.13. The lowest BCUT2D eigenvalue weighted by atomic mass is 9.91. The van der Waals surface area contributed by atoms with Gasteiger partial charge in [0, 0.05) is 0 Å². The van der Waals surface area contributed by atoms with E-state index in [0.717, 1.165) is 12.5 Å². The summed E-state index contributed by atoms with van der Waals surface area (Å²) < 4.78 is 0. The number of rotatable bonds is 3. The van der Waals surface area contributed by atoms with Crippen molar-refractivity contribution in [2.75, 3.05) is 6.54 Å². The summed E-state index contributed by atoms with van der Waals surface area (Å²) in [4.78, 5) is 0. The molecule has 0 spiro atoms. The van der Waals surface area contributed by atoms with Gasteiger partial charge < -0.3 is 5.73 Å². The molecular formula is C13H19N. The second kappa shape index (κ2) is 4.14. The Balaban J connectivity index is 2.10. The first-order valence-electron chi connectivity index (χ1n) is 5.59. The van der Waals surface area contributed by atoms with Crippen LogP contribution in [0.4, 0.5) is 0 Å². The van der Waals surface area contributed by atoms with Crippen LogP contribution >= 0.6 is 0 Å². The number of nitrogens with two attached hydrogens (primary N) is 1. The predicted molar refractivity (Wildman–Crippen MR) is 60.3 cm³/mol. The lowest BCUT2D eigenvalue weighted by molar-refractivity contribution is 0.472. The Morgan fingerprint density at radius 1 is 1.43 bits per heavy atom. The van der Waals surface area contributed by atoms with Crippen LogP contribution < -0.4 is 5.73 Å². The van der Waals surface area contributed by atoms with Gasteiger partial charge in [0.05, 0.1) is 0 Å². The molecule has 1 aromatic rings. The summed E-state index contributed by atoms with van der Waals surface area (Å²) in [5.41, 5.74) is 8.80. The first kappa shape index (κ1) is 9.72. The molecule has 1 aliphatic rings. The highest BCUT2D eigenvalue weighted by Crippen LogP contribution is 2.36. The smallest absolute Gasteiger partial charge is 0.00513 e. The molecule has 1 nitrogen and oxygen atoms in total. The first-order valence-corrected chi connectivity index (χ1v) is 5.59. The standard InChI is InChI=1S/C13H19N/c1-10(9-14)8-12-7-6-11-4-2-3-5-13(11)12/h2-5,10,12H,6-9,14H2,1H3/t10-,12?/m0/s1. The number of aryl methyl sites for hydroxylation is 1. The van der Waals surface area contributed by atoms with Crippen LogP contribution in [-0.4, -0.2) is 6.54 Å². The van der Waals surface area contributed by atoms with E-state index in [4.69, 9.17) is 5.73 Å². The molecule has 0 aliphatic heterocycles. The van der Waals surface area contributed by atoms with Gasteiger partial charge in [-0.3, -0.25) is 0 Å². The summed E-state index contributed by atoms with van der Waals surface area (Å²) in [6, 6.07) is 8.86. The Hall–Kier alpha value is -0.820. The first-order chi connectivity index (χ1) is 6.81. The molecule has 0 amide bonds. The van der Waals surface area contributed by atoms with Gasteiger partial charge in [-0.1, -0.05) is 31.2 Å². The van der Waals surface area contributed by atoms with Crippen LogP contribution in [0.5, 0.6) is 0 Å². The summed E-state index contributed by atoms with van der Waals surface area (Å²) in [5.74, 6) is 1.43. The highest BCUT2D eigenvalue weighted by molar-refractivity contribution is 5.34. The van der Waals surface area contributed by atoms with Crippen LogP contribution in [0.1, 0.15) is 36.8 Å². The highest BCUT2D eigenvalue weighted by atomic mass is 14.5. The number of fused-ring (bicyclic) bond motifs is 1. The molecule has 1 unspecified atom stereocenters. The van der Waals surface area contributed by atoms with Gasteiger partial charge in [0.15, 0.2) is 0 Å². The third kappa shape index (κ3) is 1.83. The van der Waals surface area contributed by atoms with Crippen molar-refractivity contribution in [3.8, 4) is 0 Å². The predicted octanol–water partition coefficient (Wildman–Crippen LogP) is 2.70. The average Bonchev–Trinajstić information content (AvgIpc) is 2.62. The summed E-state index contributed by atoms with van der Waals surface area (Å²) in [5, 5.41) is 0. The molecule has 2 atom stereocenters. The normalized spacial score (nSPS) is 22.0. The molecule has 0 bridgehead atoms. The quantitative estimate of drug-likeness (QED) is 0.777. The fraction of sp³-hybridized carbons (Fsp3) is 0.538. The SMILES string of the molecule is C[C@H](CN)CC1CCc2ccccc21. The molecule has 76 valence electrons. The van der Waals surface area contributed by atoms with Gasteiger partial charge in [-0.05, 0) is 48.8 Å². The maximum Gasteiger partial charge on any atom is -0.00513 e. The summed E-state index contributed by atoms with van der Waals surface area (Å²) in [7, 11) is 0. The van der Waals surface area contributed by atoms with Gasteiger partial charge in [-0.15, -0.1) is 0 Å². The third-order valence-corrected chi connectivity index (χ3v) is 3.35. The van der Waals surface area contributed by atoms with Gasteiger partial charge >= 0.3 is 0 Å². The van der Waals surface area contributed by atoms with Crippen LogP contribution in [0.2, 0.25) is 0 Å². The minimum Gasteiger partial charge on any atom is -0.330 e. The number of hydrogen-bond acceptors (Lipinski definition) is 1. The van der Waals surface area contributed by atoms with Crippen molar-refractivity contribution in [1.82, 2.24) is 0 Å². The van der Waals surface area contributed by atoms with E-state index in [1.54, 1.807) is 11.1 Å². The lowest BCUT2D eigenvalue weighted by Gasteiger charge is -2.15. The minimum atomic E-state index is 0.658. The molecule has 14 heavy (non-hydrogen) atoms. The summed E-state index contributed by atoms with van der Waals surface area (Å²) in [6.45, 7) is 3.07. The van der Waals surface area contributed by atoms with E-state index >= 15 is 0 Å². The fourth-order valence-corrected chi connectivity index (χ4v) is 2.47. The van der Waals surface area contributed by atoms with Crippen molar-refractivity contribution in [1.29, 1.82) is 0 Å². The molecule has 1 heteroatoms. The van der Waals surface area contributed by atoms with Crippen LogP contribution in [0.15, 0.2) is 24.3 Å². The maximum atomic E-state index is 5.67. The van der Waals surface area contributed by atoms with Crippen molar-refractivity contribution in [2.45, 2.75) is 32.1 Å². The zero-order chi connectivity index (χ0) is 9.97.